The molecule has 0 saturated carbocycles. The molecule has 3 aromatic rings. The molecule has 1 aromatic carbocycles. The van der Waals surface area contributed by atoms with Crippen LogP contribution in [0.2, 0.25) is 0 Å². The molecule has 2 saturated heterocycles. The SMILES string of the molecule is CC.CN1CCCC1c1ncc(C#Cc2ccc(-c3cnc(C4CCCN4C)[nH]3)cc2)[nH]1. The molecule has 0 amide bonds. The van der Waals surface area contributed by atoms with Crippen LogP contribution in [0.5, 0.6) is 0 Å². The summed E-state index contributed by atoms with van der Waals surface area (Å²) in [5, 5.41) is 0. The third-order valence-corrected chi connectivity index (χ3v) is 6.40. The number of likely N-dealkylation sites (tertiary alicyclic amines) is 2. The van der Waals surface area contributed by atoms with Gasteiger partial charge in [-0.1, -0.05) is 31.9 Å². The van der Waals surface area contributed by atoms with Crippen LogP contribution < -0.4 is 0 Å². The molecule has 2 aliphatic heterocycles. The number of aromatic amines is 2. The van der Waals surface area contributed by atoms with Gasteiger partial charge in [0.05, 0.1) is 30.2 Å². The van der Waals surface area contributed by atoms with Crippen molar-refractivity contribution < 1.29 is 0 Å². The predicted octanol–water partition coefficient (Wildman–Crippen LogP) is 4.76. The summed E-state index contributed by atoms with van der Waals surface area (Å²) < 4.78 is 0. The van der Waals surface area contributed by atoms with Crippen LogP contribution in [0.3, 0.4) is 0 Å². The number of benzene rings is 1. The first-order chi connectivity index (χ1) is 15.7. The molecule has 6 heteroatoms. The number of H-pyrrole nitrogens is 2. The predicted molar refractivity (Wildman–Crippen MR) is 129 cm³/mol. The maximum atomic E-state index is 4.62. The van der Waals surface area contributed by atoms with Crippen LogP contribution >= 0.6 is 0 Å². The lowest BCUT2D eigenvalue weighted by Crippen LogP contribution is -2.18. The number of nitrogens with one attached hydrogen (secondary N) is 2. The largest absolute Gasteiger partial charge is 0.341 e. The molecule has 2 aromatic heterocycles. The molecule has 0 spiro atoms. The van der Waals surface area contributed by atoms with Crippen LogP contribution in [-0.2, 0) is 0 Å². The maximum absolute atomic E-state index is 4.62. The summed E-state index contributed by atoms with van der Waals surface area (Å²) in [6.07, 6.45) is 8.57. The van der Waals surface area contributed by atoms with Gasteiger partial charge in [-0.2, -0.15) is 0 Å². The smallest absolute Gasteiger partial charge is 0.124 e. The topological polar surface area (TPSA) is 63.8 Å². The Morgan fingerprint density at radius 2 is 1.41 bits per heavy atom. The van der Waals surface area contributed by atoms with E-state index in [9.17, 15) is 0 Å². The van der Waals surface area contributed by atoms with Crippen molar-refractivity contribution in [3.63, 3.8) is 0 Å². The molecule has 2 N–H and O–H groups in total. The molecule has 0 aliphatic carbocycles. The van der Waals surface area contributed by atoms with Crippen LogP contribution in [0.4, 0.5) is 0 Å². The van der Waals surface area contributed by atoms with Gasteiger partial charge in [-0.3, -0.25) is 9.80 Å². The number of imidazole rings is 2. The van der Waals surface area contributed by atoms with Crippen molar-refractivity contribution >= 4 is 0 Å². The Morgan fingerprint density at radius 1 is 0.812 bits per heavy atom. The van der Waals surface area contributed by atoms with Crippen molar-refractivity contribution in [2.45, 2.75) is 51.6 Å². The molecule has 2 fully saturated rings. The minimum atomic E-state index is 0.392. The Balaban J connectivity index is 0.00000119. The van der Waals surface area contributed by atoms with E-state index in [1.807, 2.05) is 26.2 Å². The monoisotopic (exact) mass is 430 g/mol. The molecule has 4 heterocycles. The number of rotatable bonds is 3. The van der Waals surface area contributed by atoms with E-state index in [1.165, 1.54) is 19.3 Å². The van der Waals surface area contributed by atoms with Gasteiger partial charge in [-0.05, 0) is 76.5 Å². The molecule has 168 valence electrons. The highest BCUT2D eigenvalue weighted by Gasteiger charge is 2.25. The second-order valence-electron chi connectivity index (χ2n) is 8.47. The second-order valence-corrected chi connectivity index (χ2v) is 8.47. The van der Waals surface area contributed by atoms with Gasteiger partial charge >= 0.3 is 0 Å². The lowest BCUT2D eigenvalue weighted by atomic mass is 10.1. The van der Waals surface area contributed by atoms with Gasteiger partial charge in [0.2, 0.25) is 0 Å². The molecular formula is C26H34N6. The lowest BCUT2D eigenvalue weighted by molar-refractivity contribution is 0.307. The van der Waals surface area contributed by atoms with Crippen LogP contribution in [0, 0.1) is 11.8 Å². The number of aromatic nitrogens is 4. The molecule has 32 heavy (non-hydrogen) atoms. The number of hydrogen-bond donors (Lipinski definition) is 2. The fourth-order valence-corrected chi connectivity index (χ4v) is 4.61. The van der Waals surface area contributed by atoms with Gasteiger partial charge < -0.3 is 9.97 Å². The first-order valence-corrected chi connectivity index (χ1v) is 11.8. The first-order valence-electron chi connectivity index (χ1n) is 11.8. The molecular weight excluding hydrogens is 396 g/mol. The summed E-state index contributed by atoms with van der Waals surface area (Å²) in [5.41, 5.74) is 4.05. The Bertz CT molecular complexity index is 1070. The summed E-state index contributed by atoms with van der Waals surface area (Å²) in [7, 11) is 4.32. The first kappa shape index (κ1) is 22.3. The Morgan fingerprint density at radius 3 is 2.00 bits per heavy atom. The van der Waals surface area contributed by atoms with Crippen molar-refractivity contribution in [3.05, 3.63) is 59.6 Å². The summed E-state index contributed by atoms with van der Waals surface area (Å²) >= 11 is 0. The average molecular weight is 431 g/mol. The fourth-order valence-electron chi connectivity index (χ4n) is 4.61. The van der Waals surface area contributed by atoms with Gasteiger partial charge in [0.25, 0.3) is 0 Å². The van der Waals surface area contributed by atoms with Crippen molar-refractivity contribution in [2.24, 2.45) is 0 Å². The molecule has 2 aliphatic rings. The second kappa shape index (κ2) is 10.2. The van der Waals surface area contributed by atoms with Crippen molar-refractivity contribution in [1.82, 2.24) is 29.7 Å². The zero-order valence-corrected chi connectivity index (χ0v) is 19.7. The molecule has 0 bridgehead atoms. The quantitative estimate of drug-likeness (QED) is 0.588. The van der Waals surface area contributed by atoms with E-state index in [4.69, 9.17) is 0 Å². The zero-order chi connectivity index (χ0) is 22.5. The lowest BCUT2D eigenvalue weighted by Gasteiger charge is -2.16. The maximum Gasteiger partial charge on any atom is 0.124 e. The van der Waals surface area contributed by atoms with E-state index >= 15 is 0 Å². The Labute approximate surface area is 191 Å². The number of hydrogen-bond acceptors (Lipinski definition) is 4. The molecule has 5 rings (SSSR count). The van der Waals surface area contributed by atoms with Crippen LogP contribution in [-0.4, -0.2) is 56.9 Å². The van der Waals surface area contributed by atoms with Gasteiger partial charge in [-0.15, -0.1) is 0 Å². The molecule has 2 atom stereocenters. The molecule has 6 nitrogen and oxygen atoms in total. The van der Waals surface area contributed by atoms with E-state index in [2.05, 4.69) is 79.9 Å². The minimum absolute atomic E-state index is 0.392. The van der Waals surface area contributed by atoms with E-state index in [-0.39, 0.29) is 0 Å². The summed E-state index contributed by atoms with van der Waals surface area (Å²) in [6, 6.07) is 9.13. The number of nitrogens with zero attached hydrogens (tertiary/aromatic N) is 4. The highest BCUT2D eigenvalue weighted by molar-refractivity contribution is 5.60. The Hall–Kier alpha value is -2.88. The van der Waals surface area contributed by atoms with Crippen LogP contribution in [0.25, 0.3) is 11.3 Å². The van der Waals surface area contributed by atoms with Gasteiger partial charge in [-0.25, -0.2) is 9.97 Å². The van der Waals surface area contributed by atoms with Gasteiger partial charge in [0.15, 0.2) is 0 Å². The van der Waals surface area contributed by atoms with E-state index in [0.29, 0.717) is 12.1 Å². The average Bonchev–Trinajstić information content (AvgIpc) is 3.61. The van der Waals surface area contributed by atoms with Crippen LogP contribution in [0.1, 0.15) is 74.5 Å². The van der Waals surface area contributed by atoms with E-state index in [0.717, 1.165) is 53.7 Å². The molecule has 2 unspecified atom stereocenters. The van der Waals surface area contributed by atoms with Gasteiger partial charge in [0, 0.05) is 5.56 Å². The Kier molecular flexibility index (Phi) is 7.09. The molecule has 0 radical (unpaired) electrons. The van der Waals surface area contributed by atoms with Gasteiger partial charge in [0.1, 0.15) is 17.3 Å². The minimum Gasteiger partial charge on any atom is -0.341 e. The van der Waals surface area contributed by atoms with Crippen molar-refractivity contribution in [1.29, 1.82) is 0 Å². The highest BCUT2D eigenvalue weighted by Crippen LogP contribution is 2.30. The standard InChI is InChI=1S/C24H28N6.C2H6/c1-29-13-3-5-21(29)23-25-15-19(27-23)12-9-17-7-10-18(11-8-17)20-16-26-24(28-20)22-6-4-14-30(22)2;1-2/h7-8,10-11,15-16,21-22H,3-6,13-14H2,1-2H3,(H,25,27)(H,26,28);1-2H3. The van der Waals surface area contributed by atoms with Crippen molar-refractivity contribution in [2.75, 3.05) is 27.2 Å². The fraction of sp³-hybridized carbons (Fsp3) is 0.462. The van der Waals surface area contributed by atoms with Crippen LogP contribution in [0.15, 0.2) is 36.7 Å². The third kappa shape index (κ3) is 4.79. The highest BCUT2D eigenvalue weighted by atomic mass is 15.2. The zero-order valence-electron chi connectivity index (χ0n) is 19.7. The summed E-state index contributed by atoms with van der Waals surface area (Å²) in [6.45, 7) is 6.27. The van der Waals surface area contributed by atoms with E-state index < -0.39 is 0 Å². The summed E-state index contributed by atoms with van der Waals surface area (Å²) in [4.78, 5) is 20.8. The summed E-state index contributed by atoms with van der Waals surface area (Å²) in [5.74, 6) is 8.55. The van der Waals surface area contributed by atoms with Crippen molar-refractivity contribution in [3.8, 4) is 23.1 Å². The van der Waals surface area contributed by atoms with E-state index in [1.54, 1.807) is 0 Å². The normalized spacial score (nSPS) is 21.1. The third-order valence-electron chi connectivity index (χ3n) is 6.40.